The van der Waals surface area contributed by atoms with E-state index < -0.39 is 12.0 Å². The van der Waals surface area contributed by atoms with E-state index >= 15 is 0 Å². The number of carbonyl (C=O) groups is 1. The zero-order valence-corrected chi connectivity index (χ0v) is 26.8. The maximum absolute atomic E-state index is 14.0. The molecule has 0 aliphatic carbocycles. The van der Waals surface area contributed by atoms with Gasteiger partial charge in [0.2, 0.25) is 0 Å². The van der Waals surface area contributed by atoms with E-state index in [1.54, 1.807) is 48.5 Å². The molecule has 1 aromatic heterocycles. The van der Waals surface area contributed by atoms with E-state index in [1.165, 1.54) is 29.2 Å². The molecule has 46 heavy (non-hydrogen) atoms. The van der Waals surface area contributed by atoms with E-state index in [-0.39, 0.29) is 17.7 Å². The van der Waals surface area contributed by atoms with Gasteiger partial charge in [-0.15, -0.1) is 0 Å². The Kier molecular flexibility index (Phi) is 10.2. The first-order chi connectivity index (χ1) is 22.4. The lowest BCUT2D eigenvalue weighted by molar-refractivity contribution is -0.136. The molecule has 1 atom stereocenters. The number of hydrogen-bond donors (Lipinski definition) is 0. The third kappa shape index (κ3) is 6.67. The van der Waals surface area contributed by atoms with Crippen molar-refractivity contribution >= 4 is 23.4 Å². The molecule has 4 aromatic rings. The number of thiazole rings is 1. The molecule has 0 spiro atoms. The van der Waals surface area contributed by atoms with Crippen LogP contribution >= 0.6 is 11.3 Å². The summed E-state index contributed by atoms with van der Waals surface area (Å²) in [6, 6.07) is 19.4. The van der Waals surface area contributed by atoms with Gasteiger partial charge in [0.1, 0.15) is 6.61 Å². The van der Waals surface area contributed by atoms with Crippen LogP contribution in [-0.4, -0.2) is 37.5 Å². The first-order valence-corrected chi connectivity index (χ1v) is 15.6. The number of fused-ring (bicyclic) bond motifs is 1. The van der Waals surface area contributed by atoms with Crippen molar-refractivity contribution in [3.05, 3.63) is 114 Å². The summed E-state index contributed by atoms with van der Waals surface area (Å²) in [4.78, 5) is 31.8. The van der Waals surface area contributed by atoms with Crippen LogP contribution in [0.2, 0.25) is 0 Å². The first-order valence-electron chi connectivity index (χ1n) is 14.8. The van der Waals surface area contributed by atoms with Gasteiger partial charge < -0.3 is 23.7 Å². The summed E-state index contributed by atoms with van der Waals surface area (Å²) >= 11 is 1.21. The third-order valence-corrected chi connectivity index (χ3v) is 8.09. The number of nitriles is 1. The third-order valence-electron chi connectivity index (χ3n) is 7.09. The lowest BCUT2D eigenvalue weighted by Gasteiger charge is -2.23. The van der Waals surface area contributed by atoms with Crippen LogP contribution in [0.15, 0.2) is 82.2 Å². The molecule has 2 heterocycles. The van der Waals surface area contributed by atoms with Crippen molar-refractivity contribution < 1.29 is 28.5 Å². The second-order valence-electron chi connectivity index (χ2n) is 9.95. The lowest BCUT2D eigenvalue weighted by Crippen LogP contribution is -2.39. The highest BCUT2D eigenvalue weighted by Crippen LogP contribution is 2.35. The van der Waals surface area contributed by atoms with Crippen molar-refractivity contribution in [2.24, 2.45) is 4.99 Å². The molecule has 0 amide bonds. The van der Waals surface area contributed by atoms with Crippen LogP contribution in [0.5, 0.6) is 23.0 Å². The van der Waals surface area contributed by atoms with Crippen LogP contribution in [-0.2, 0) is 16.1 Å². The molecular weight excluding hydrogens is 606 g/mol. The molecule has 1 aliphatic rings. The zero-order valence-electron chi connectivity index (χ0n) is 25.9. The van der Waals surface area contributed by atoms with Gasteiger partial charge in [0.15, 0.2) is 27.8 Å². The fraction of sp³-hybridized carbons (Fsp3) is 0.257. The molecule has 0 saturated carbocycles. The van der Waals surface area contributed by atoms with Crippen LogP contribution in [0.3, 0.4) is 0 Å². The minimum absolute atomic E-state index is 0.195. The number of esters is 1. The van der Waals surface area contributed by atoms with Crippen LogP contribution in [0.4, 0.5) is 0 Å². The minimum atomic E-state index is -0.799. The summed E-state index contributed by atoms with van der Waals surface area (Å²) in [7, 11) is 1.29. The summed E-state index contributed by atoms with van der Waals surface area (Å²) < 4.78 is 30.4. The Labute approximate surface area is 270 Å². The van der Waals surface area contributed by atoms with Gasteiger partial charge in [0.25, 0.3) is 5.56 Å². The number of methoxy groups -OCH3 is 1. The van der Waals surface area contributed by atoms with Gasteiger partial charge in [0.05, 0.1) is 54.7 Å². The molecule has 3 aromatic carbocycles. The molecule has 1 aliphatic heterocycles. The van der Waals surface area contributed by atoms with Gasteiger partial charge in [-0.25, -0.2) is 9.79 Å². The number of ether oxygens (including phenoxy) is 5. The molecule has 0 fully saturated rings. The van der Waals surface area contributed by atoms with Crippen molar-refractivity contribution in [3.63, 3.8) is 0 Å². The van der Waals surface area contributed by atoms with Gasteiger partial charge in [-0.05, 0) is 68.3 Å². The van der Waals surface area contributed by atoms with E-state index in [2.05, 4.69) is 11.1 Å². The Morgan fingerprint density at radius 2 is 1.61 bits per heavy atom. The van der Waals surface area contributed by atoms with E-state index in [9.17, 15) is 14.9 Å². The number of aromatic nitrogens is 1. The van der Waals surface area contributed by atoms with E-state index in [0.717, 1.165) is 5.56 Å². The summed E-state index contributed by atoms with van der Waals surface area (Å²) in [5.41, 5.74) is 2.55. The predicted octanol–water partition coefficient (Wildman–Crippen LogP) is 4.66. The molecule has 0 unspecified atom stereocenters. The number of carbonyl (C=O) groups excluding carboxylic acids is 1. The monoisotopic (exact) mass is 639 g/mol. The second kappa shape index (κ2) is 14.6. The van der Waals surface area contributed by atoms with Crippen LogP contribution < -0.4 is 33.8 Å². The number of nitrogens with zero attached hydrogens (tertiary/aromatic N) is 3. The second-order valence-corrected chi connectivity index (χ2v) is 11.0. The molecule has 0 N–H and O–H groups in total. The van der Waals surface area contributed by atoms with Crippen molar-refractivity contribution in [2.45, 2.75) is 33.4 Å². The van der Waals surface area contributed by atoms with Crippen molar-refractivity contribution in [1.29, 1.82) is 5.26 Å². The fourth-order valence-corrected chi connectivity index (χ4v) is 6.02. The Morgan fingerprint density at radius 1 is 0.935 bits per heavy atom. The highest BCUT2D eigenvalue weighted by molar-refractivity contribution is 7.07. The maximum atomic E-state index is 14.0. The smallest absolute Gasteiger partial charge is 0.337 e. The quantitative estimate of drug-likeness (QED) is 0.205. The fourth-order valence-electron chi connectivity index (χ4n) is 5.05. The van der Waals surface area contributed by atoms with Gasteiger partial charge in [-0.2, -0.15) is 5.26 Å². The topological polar surface area (TPSA) is 121 Å². The summed E-state index contributed by atoms with van der Waals surface area (Å²) in [5.74, 6) is 1.49. The highest BCUT2D eigenvalue weighted by atomic mass is 32.1. The summed E-state index contributed by atoms with van der Waals surface area (Å²) in [6.45, 7) is 7.08. The Morgan fingerprint density at radius 3 is 2.33 bits per heavy atom. The maximum Gasteiger partial charge on any atom is 0.337 e. The first kappa shape index (κ1) is 32.1. The molecule has 11 heteroatoms. The average molecular weight is 640 g/mol. The van der Waals surface area contributed by atoms with Crippen molar-refractivity contribution in [2.75, 3.05) is 26.9 Å². The minimum Gasteiger partial charge on any atom is -0.490 e. The number of rotatable bonds is 12. The standard InChI is InChI=1S/C35H33N3O7S/c1-5-42-27-15-13-23(18-30(27)44-7-3)32-26(34(40)41-4)20-37-35-38(32)33(39)31(46-35)17-22-12-14-28(29(16-22)43-6-2)45-21-25-11-9-8-10-24(25)19-36/h8-18,20,32H,5-7,21H2,1-4H3/b31-17-/t32-/m0/s1. The normalized spacial score (nSPS) is 13.9. The lowest BCUT2D eigenvalue weighted by atomic mass is 9.97. The molecule has 0 radical (unpaired) electrons. The number of benzene rings is 3. The predicted molar refractivity (Wildman–Crippen MR) is 173 cm³/mol. The number of hydrogen-bond acceptors (Lipinski definition) is 10. The SMILES string of the molecule is CCOc1ccc([C@H]2C(C(=O)OC)=CN=c3s/c(=C\c4ccc(OCc5ccccc5C#N)c(OCC)c4)c(=O)n32)cc1OCC. The summed E-state index contributed by atoms with van der Waals surface area (Å²) in [6.07, 6.45) is 3.20. The van der Waals surface area contributed by atoms with Crippen LogP contribution in [0.25, 0.3) is 6.08 Å². The van der Waals surface area contributed by atoms with E-state index in [4.69, 9.17) is 23.7 Å². The van der Waals surface area contributed by atoms with Crippen LogP contribution in [0, 0.1) is 11.3 Å². The van der Waals surface area contributed by atoms with E-state index in [1.807, 2.05) is 39.0 Å². The Balaban J connectivity index is 1.54. The van der Waals surface area contributed by atoms with Crippen molar-refractivity contribution in [3.8, 4) is 29.1 Å². The van der Waals surface area contributed by atoms with Gasteiger partial charge in [-0.3, -0.25) is 9.36 Å². The average Bonchev–Trinajstić information content (AvgIpc) is 3.39. The van der Waals surface area contributed by atoms with E-state index in [0.29, 0.717) is 68.8 Å². The molecule has 0 saturated heterocycles. The largest absolute Gasteiger partial charge is 0.490 e. The molecular formula is C35H33N3O7S. The van der Waals surface area contributed by atoms with Crippen LogP contribution in [0.1, 0.15) is 49.1 Å². The van der Waals surface area contributed by atoms with Crippen molar-refractivity contribution in [1.82, 2.24) is 4.57 Å². The van der Waals surface area contributed by atoms with Gasteiger partial charge in [0, 0.05) is 11.8 Å². The highest BCUT2D eigenvalue weighted by Gasteiger charge is 2.31. The summed E-state index contributed by atoms with van der Waals surface area (Å²) in [5, 5.41) is 9.41. The Bertz CT molecular complexity index is 2010. The molecule has 5 rings (SSSR count). The molecule has 10 nitrogen and oxygen atoms in total. The Hall–Kier alpha value is -5.34. The van der Waals surface area contributed by atoms with Gasteiger partial charge in [-0.1, -0.05) is 41.7 Å². The molecule has 236 valence electrons. The zero-order chi connectivity index (χ0) is 32.6. The van der Waals surface area contributed by atoms with Gasteiger partial charge >= 0.3 is 5.97 Å². The molecule has 0 bridgehead atoms.